The van der Waals surface area contributed by atoms with E-state index in [0.29, 0.717) is 0 Å². The van der Waals surface area contributed by atoms with Crippen LogP contribution in [0.2, 0.25) is 0 Å². The molecule has 0 saturated carbocycles. The summed E-state index contributed by atoms with van der Waals surface area (Å²) in [5.74, 6) is 0. The van der Waals surface area contributed by atoms with E-state index in [1.54, 1.807) is 0 Å². The van der Waals surface area contributed by atoms with Crippen LogP contribution in [0.4, 0.5) is 0 Å². The van der Waals surface area contributed by atoms with Gasteiger partial charge in [0.05, 0.1) is 5.60 Å². The van der Waals surface area contributed by atoms with Gasteiger partial charge in [0, 0.05) is 11.9 Å². The van der Waals surface area contributed by atoms with Gasteiger partial charge in [-0.15, -0.1) is 0 Å². The smallest absolute Gasteiger partial charge is 0.0629 e. The van der Waals surface area contributed by atoms with Gasteiger partial charge in [0.2, 0.25) is 0 Å². The average molecular weight is 263 g/mol. The summed E-state index contributed by atoms with van der Waals surface area (Å²) in [6.45, 7) is 9.37. The maximum Gasteiger partial charge on any atom is 0.0629 e. The molecule has 14 heavy (non-hydrogen) atoms. The molecule has 2 heteroatoms. The number of alkyl halides is 1. The van der Waals surface area contributed by atoms with Crippen LogP contribution in [-0.2, 0) is 4.74 Å². The fourth-order valence-electron chi connectivity index (χ4n) is 1.36. The molecule has 0 fully saturated rings. The van der Waals surface area contributed by atoms with Crippen molar-refractivity contribution in [1.29, 1.82) is 0 Å². The van der Waals surface area contributed by atoms with Gasteiger partial charge < -0.3 is 4.74 Å². The highest BCUT2D eigenvalue weighted by Gasteiger charge is 2.16. The van der Waals surface area contributed by atoms with Gasteiger partial charge in [-0.3, -0.25) is 0 Å². The van der Waals surface area contributed by atoms with Gasteiger partial charge in [-0.05, 0) is 47.0 Å². The van der Waals surface area contributed by atoms with E-state index < -0.39 is 0 Å². The first-order valence-corrected chi connectivity index (χ1v) is 6.49. The van der Waals surface area contributed by atoms with E-state index in [1.165, 1.54) is 5.57 Å². The Hall–Kier alpha value is 0.180. The quantitative estimate of drug-likeness (QED) is 0.491. The van der Waals surface area contributed by atoms with Crippen molar-refractivity contribution >= 4 is 15.9 Å². The van der Waals surface area contributed by atoms with Crippen LogP contribution in [0.5, 0.6) is 0 Å². The first-order valence-electron chi connectivity index (χ1n) is 5.37. The molecule has 0 rings (SSSR count). The normalized spacial score (nSPS) is 13.4. The van der Waals surface area contributed by atoms with Crippen molar-refractivity contribution in [2.24, 2.45) is 0 Å². The van der Waals surface area contributed by atoms with Gasteiger partial charge >= 0.3 is 0 Å². The van der Waals surface area contributed by atoms with Gasteiger partial charge in [0.25, 0.3) is 0 Å². The summed E-state index contributed by atoms with van der Waals surface area (Å²) in [6.07, 6.45) is 5.67. The van der Waals surface area contributed by atoms with E-state index in [0.717, 1.165) is 31.2 Å². The van der Waals surface area contributed by atoms with Crippen LogP contribution in [0.15, 0.2) is 11.6 Å². The standard InChI is InChI=1S/C12H23BrO/c1-5-14-12(3,4)9-8-11(2)7-6-10-13/h7H,5-6,8-10H2,1-4H3. The fourth-order valence-corrected chi connectivity index (χ4v) is 1.59. The zero-order valence-corrected chi connectivity index (χ0v) is 11.5. The highest BCUT2D eigenvalue weighted by atomic mass is 79.9. The molecule has 0 spiro atoms. The second-order valence-electron chi connectivity index (χ2n) is 4.22. The van der Waals surface area contributed by atoms with E-state index in [9.17, 15) is 0 Å². The van der Waals surface area contributed by atoms with Crippen molar-refractivity contribution in [3.63, 3.8) is 0 Å². The van der Waals surface area contributed by atoms with Crippen LogP contribution in [0.25, 0.3) is 0 Å². The lowest BCUT2D eigenvalue weighted by Crippen LogP contribution is -2.24. The molecule has 0 aromatic rings. The topological polar surface area (TPSA) is 9.23 Å². The Labute approximate surface area is 97.0 Å². The highest BCUT2D eigenvalue weighted by molar-refractivity contribution is 9.09. The van der Waals surface area contributed by atoms with Crippen molar-refractivity contribution in [3.05, 3.63) is 11.6 Å². The molecule has 0 radical (unpaired) electrons. The predicted octanol–water partition coefficient (Wildman–Crippen LogP) is 4.31. The van der Waals surface area contributed by atoms with E-state index in [2.05, 4.69) is 49.7 Å². The van der Waals surface area contributed by atoms with E-state index in [4.69, 9.17) is 4.74 Å². The molecule has 0 aliphatic carbocycles. The third-order valence-electron chi connectivity index (χ3n) is 2.26. The van der Waals surface area contributed by atoms with Crippen LogP contribution >= 0.6 is 15.9 Å². The Kier molecular flexibility index (Phi) is 7.56. The van der Waals surface area contributed by atoms with E-state index in [1.807, 2.05) is 0 Å². The maximum absolute atomic E-state index is 5.65. The number of rotatable bonds is 7. The number of hydrogen-bond donors (Lipinski definition) is 0. The summed E-state index contributed by atoms with van der Waals surface area (Å²) in [7, 11) is 0. The monoisotopic (exact) mass is 262 g/mol. The van der Waals surface area contributed by atoms with Gasteiger partial charge in [0.1, 0.15) is 0 Å². The molecule has 0 aromatic heterocycles. The number of hydrogen-bond acceptors (Lipinski definition) is 1. The molecule has 0 N–H and O–H groups in total. The van der Waals surface area contributed by atoms with E-state index >= 15 is 0 Å². The molecular weight excluding hydrogens is 240 g/mol. The van der Waals surface area contributed by atoms with Gasteiger partial charge in [0.15, 0.2) is 0 Å². The average Bonchev–Trinajstić information content (AvgIpc) is 2.11. The summed E-state index contributed by atoms with van der Waals surface area (Å²) >= 11 is 3.42. The van der Waals surface area contributed by atoms with E-state index in [-0.39, 0.29) is 5.60 Å². The van der Waals surface area contributed by atoms with Gasteiger partial charge in [-0.2, -0.15) is 0 Å². The fraction of sp³-hybridized carbons (Fsp3) is 0.833. The Morgan fingerprint density at radius 1 is 1.43 bits per heavy atom. The van der Waals surface area contributed by atoms with Gasteiger partial charge in [-0.25, -0.2) is 0 Å². The van der Waals surface area contributed by atoms with Gasteiger partial charge in [-0.1, -0.05) is 27.6 Å². The Morgan fingerprint density at radius 2 is 2.07 bits per heavy atom. The molecule has 1 nitrogen and oxygen atoms in total. The summed E-state index contributed by atoms with van der Waals surface area (Å²) < 4.78 is 5.65. The minimum Gasteiger partial charge on any atom is -0.376 e. The molecule has 0 aliphatic heterocycles. The van der Waals surface area contributed by atoms with Crippen molar-refractivity contribution in [1.82, 2.24) is 0 Å². The third kappa shape index (κ3) is 7.57. The molecule has 0 heterocycles. The van der Waals surface area contributed by atoms with Crippen LogP contribution in [-0.4, -0.2) is 17.5 Å². The van der Waals surface area contributed by atoms with Crippen molar-refractivity contribution in [3.8, 4) is 0 Å². The van der Waals surface area contributed by atoms with Crippen LogP contribution in [0, 0.1) is 0 Å². The predicted molar refractivity (Wildman–Crippen MR) is 67.1 cm³/mol. The van der Waals surface area contributed by atoms with Crippen LogP contribution < -0.4 is 0 Å². The molecular formula is C12H23BrO. The second kappa shape index (κ2) is 7.47. The summed E-state index contributed by atoms with van der Waals surface area (Å²) in [5, 5.41) is 1.05. The Morgan fingerprint density at radius 3 is 2.57 bits per heavy atom. The molecule has 0 amide bonds. The summed E-state index contributed by atoms with van der Waals surface area (Å²) in [4.78, 5) is 0. The first-order chi connectivity index (χ1) is 6.52. The minimum atomic E-state index is 0.0260. The zero-order chi connectivity index (χ0) is 11.0. The third-order valence-corrected chi connectivity index (χ3v) is 2.72. The van der Waals surface area contributed by atoms with Crippen LogP contribution in [0.3, 0.4) is 0 Å². The molecule has 0 aliphatic rings. The molecule has 84 valence electrons. The second-order valence-corrected chi connectivity index (χ2v) is 5.01. The highest BCUT2D eigenvalue weighted by Crippen LogP contribution is 2.19. The van der Waals surface area contributed by atoms with Crippen molar-refractivity contribution in [2.75, 3.05) is 11.9 Å². The van der Waals surface area contributed by atoms with Crippen molar-refractivity contribution in [2.45, 2.75) is 52.6 Å². The lowest BCUT2D eigenvalue weighted by atomic mass is 9.99. The number of ether oxygens (including phenoxy) is 1. The molecule has 0 saturated heterocycles. The summed E-state index contributed by atoms with van der Waals surface area (Å²) in [5.41, 5.74) is 1.50. The largest absolute Gasteiger partial charge is 0.376 e. The Balaban J connectivity index is 3.80. The number of allylic oxidation sites excluding steroid dienone is 2. The first kappa shape index (κ1) is 14.2. The molecule has 0 aromatic carbocycles. The van der Waals surface area contributed by atoms with Crippen LogP contribution in [0.1, 0.15) is 47.0 Å². The molecule has 0 atom stereocenters. The SMILES string of the molecule is CCOC(C)(C)CCC(C)=CCCBr. The summed E-state index contributed by atoms with van der Waals surface area (Å²) in [6, 6.07) is 0. The zero-order valence-electron chi connectivity index (χ0n) is 9.90. The number of halogens is 1. The molecule has 0 bridgehead atoms. The minimum absolute atomic E-state index is 0.0260. The lowest BCUT2D eigenvalue weighted by Gasteiger charge is -2.24. The Bertz CT molecular complexity index is 173. The molecule has 0 unspecified atom stereocenters. The lowest BCUT2D eigenvalue weighted by molar-refractivity contribution is -0.0158. The maximum atomic E-state index is 5.65. The van der Waals surface area contributed by atoms with Crippen molar-refractivity contribution < 1.29 is 4.74 Å².